The van der Waals surface area contributed by atoms with E-state index in [0.29, 0.717) is 12.6 Å². The molecule has 1 saturated heterocycles. The summed E-state index contributed by atoms with van der Waals surface area (Å²) in [7, 11) is 3.58. The third kappa shape index (κ3) is 4.24. The van der Waals surface area contributed by atoms with Crippen LogP contribution < -0.4 is 15.0 Å². The summed E-state index contributed by atoms with van der Waals surface area (Å²) < 4.78 is 5.17. The molecule has 0 unspecified atom stereocenters. The summed E-state index contributed by atoms with van der Waals surface area (Å²) in [6, 6.07) is 9.67. The maximum Gasteiger partial charge on any atom is 0.238 e. The van der Waals surface area contributed by atoms with Gasteiger partial charge in [-0.25, -0.2) is 9.97 Å². The Labute approximate surface area is 147 Å². The molecule has 1 amide bonds. The van der Waals surface area contributed by atoms with Crippen LogP contribution in [0.4, 0.5) is 11.5 Å². The number of hydrogen-bond acceptors (Lipinski definition) is 6. The number of rotatable bonds is 6. The summed E-state index contributed by atoms with van der Waals surface area (Å²) in [5.74, 6) is 1.63. The van der Waals surface area contributed by atoms with Gasteiger partial charge in [0.15, 0.2) is 0 Å². The van der Waals surface area contributed by atoms with Crippen molar-refractivity contribution in [1.29, 1.82) is 0 Å². The predicted octanol–water partition coefficient (Wildman–Crippen LogP) is 1.55. The molecule has 0 saturated carbocycles. The first-order valence-electron chi connectivity index (χ1n) is 8.23. The van der Waals surface area contributed by atoms with Gasteiger partial charge in [-0.2, -0.15) is 0 Å². The zero-order valence-electron chi connectivity index (χ0n) is 14.8. The summed E-state index contributed by atoms with van der Waals surface area (Å²) in [5.41, 5.74) is 1.70. The highest BCUT2D eigenvalue weighted by Gasteiger charge is 2.31. The van der Waals surface area contributed by atoms with Gasteiger partial charge in [-0.15, -0.1) is 0 Å². The van der Waals surface area contributed by atoms with E-state index < -0.39 is 0 Å². The molecule has 1 aromatic carbocycles. The van der Waals surface area contributed by atoms with Crippen LogP contribution in [0, 0.1) is 6.92 Å². The highest BCUT2D eigenvalue weighted by atomic mass is 16.5. The number of nitrogens with one attached hydrogen (secondary N) is 1. The summed E-state index contributed by atoms with van der Waals surface area (Å²) in [6.45, 7) is 4.02. The molecule has 2 heterocycles. The second-order valence-corrected chi connectivity index (χ2v) is 6.27. The summed E-state index contributed by atoms with van der Waals surface area (Å²) >= 11 is 0. The monoisotopic (exact) mass is 341 g/mol. The molecule has 132 valence electrons. The van der Waals surface area contributed by atoms with Gasteiger partial charge in [-0.3, -0.25) is 9.69 Å². The minimum absolute atomic E-state index is 0.0351. The van der Waals surface area contributed by atoms with E-state index in [2.05, 4.69) is 25.1 Å². The van der Waals surface area contributed by atoms with Crippen LogP contribution in [0.2, 0.25) is 0 Å². The van der Waals surface area contributed by atoms with Crippen LogP contribution in [0.1, 0.15) is 5.69 Å². The van der Waals surface area contributed by atoms with Crippen LogP contribution in [0.15, 0.2) is 36.7 Å². The van der Waals surface area contributed by atoms with Crippen molar-refractivity contribution in [1.82, 2.24) is 14.9 Å². The first kappa shape index (κ1) is 17.2. The largest absolute Gasteiger partial charge is 0.497 e. The molecule has 1 aromatic heterocycles. The molecule has 7 nitrogen and oxygen atoms in total. The number of carbonyl (C=O) groups excluding carboxylic acids is 1. The Hall–Kier alpha value is -2.67. The molecule has 3 rings (SSSR count). The number of aromatic nitrogens is 2. The van der Waals surface area contributed by atoms with Crippen LogP contribution in [-0.4, -0.2) is 60.6 Å². The number of methoxy groups -OCH3 is 1. The van der Waals surface area contributed by atoms with Gasteiger partial charge in [0.2, 0.25) is 5.91 Å². The quantitative estimate of drug-likeness (QED) is 0.860. The van der Waals surface area contributed by atoms with Gasteiger partial charge in [-0.1, -0.05) is 6.07 Å². The van der Waals surface area contributed by atoms with Gasteiger partial charge >= 0.3 is 0 Å². The fourth-order valence-electron chi connectivity index (χ4n) is 2.79. The third-order valence-corrected chi connectivity index (χ3v) is 4.35. The second-order valence-electron chi connectivity index (χ2n) is 6.27. The molecule has 0 bridgehead atoms. The molecule has 1 aliphatic heterocycles. The average molecular weight is 341 g/mol. The molecular weight excluding hydrogens is 318 g/mol. The lowest BCUT2D eigenvalue weighted by Crippen LogP contribution is -2.59. The summed E-state index contributed by atoms with van der Waals surface area (Å²) in [6.07, 6.45) is 1.59. The van der Waals surface area contributed by atoms with Crippen LogP contribution in [0.5, 0.6) is 5.75 Å². The van der Waals surface area contributed by atoms with Gasteiger partial charge in [0.25, 0.3) is 0 Å². The smallest absolute Gasteiger partial charge is 0.238 e. The van der Waals surface area contributed by atoms with E-state index >= 15 is 0 Å². The zero-order chi connectivity index (χ0) is 17.8. The molecular formula is C18H23N5O2. The maximum absolute atomic E-state index is 12.2. The van der Waals surface area contributed by atoms with Crippen molar-refractivity contribution in [3.63, 3.8) is 0 Å². The predicted molar refractivity (Wildman–Crippen MR) is 97.0 cm³/mol. The lowest BCUT2D eigenvalue weighted by molar-refractivity contribution is -0.117. The van der Waals surface area contributed by atoms with Crippen molar-refractivity contribution in [3.05, 3.63) is 42.4 Å². The highest BCUT2D eigenvalue weighted by molar-refractivity contribution is 5.92. The van der Waals surface area contributed by atoms with E-state index in [1.807, 2.05) is 38.2 Å². The van der Waals surface area contributed by atoms with E-state index in [1.54, 1.807) is 19.5 Å². The first-order valence-corrected chi connectivity index (χ1v) is 8.23. The Morgan fingerprint density at radius 1 is 1.36 bits per heavy atom. The van der Waals surface area contributed by atoms with Gasteiger partial charge in [0.05, 0.1) is 13.7 Å². The molecule has 1 aliphatic rings. The van der Waals surface area contributed by atoms with Crippen LogP contribution >= 0.6 is 0 Å². The minimum Gasteiger partial charge on any atom is -0.497 e. The lowest BCUT2D eigenvalue weighted by Gasteiger charge is -2.44. The van der Waals surface area contributed by atoms with Gasteiger partial charge < -0.3 is 15.0 Å². The van der Waals surface area contributed by atoms with E-state index in [4.69, 9.17) is 4.74 Å². The number of amides is 1. The van der Waals surface area contributed by atoms with Crippen molar-refractivity contribution >= 4 is 17.4 Å². The highest BCUT2D eigenvalue weighted by Crippen LogP contribution is 2.21. The van der Waals surface area contributed by atoms with E-state index in [0.717, 1.165) is 36.0 Å². The molecule has 25 heavy (non-hydrogen) atoms. The fourth-order valence-corrected chi connectivity index (χ4v) is 2.79. The molecule has 7 heteroatoms. The Kier molecular flexibility index (Phi) is 5.14. The third-order valence-electron chi connectivity index (χ3n) is 4.35. The number of likely N-dealkylation sites (N-methyl/N-ethyl adjacent to an activating group) is 1. The maximum atomic E-state index is 12.2. The molecule has 0 radical (unpaired) electrons. The lowest BCUT2D eigenvalue weighted by atomic mass is 10.1. The van der Waals surface area contributed by atoms with E-state index in [1.165, 1.54) is 0 Å². The molecule has 0 aliphatic carbocycles. The Balaban J connectivity index is 1.48. The minimum atomic E-state index is -0.0351. The molecule has 0 atom stereocenters. The Morgan fingerprint density at radius 3 is 2.88 bits per heavy atom. The second kappa shape index (κ2) is 7.48. The number of carbonyl (C=O) groups is 1. The van der Waals surface area contributed by atoms with Gasteiger partial charge in [-0.05, 0) is 26.1 Å². The molecule has 0 spiro atoms. The van der Waals surface area contributed by atoms with Crippen molar-refractivity contribution < 1.29 is 9.53 Å². The number of aryl methyl sites for hydroxylation is 1. The number of hydrogen-bond donors (Lipinski definition) is 1. The van der Waals surface area contributed by atoms with Crippen LogP contribution in [0.25, 0.3) is 0 Å². The number of nitrogens with zero attached hydrogens (tertiary/aromatic N) is 4. The topological polar surface area (TPSA) is 70.6 Å². The zero-order valence-corrected chi connectivity index (χ0v) is 14.8. The van der Waals surface area contributed by atoms with Gasteiger partial charge in [0.1, 0.15) is 17.9 Å². The van der Waals surface area contributed by atoms with Gasteiger partial charge in [0, 0.05) is 42.6 Å². The van der Waals surface area contributed by atoms with Crippen molar-refractivity contribution in [2.45, 2.75) is 13.0 Å². The standard InChI is InChI=1S/C18H23N5O2/c1-13-7-17(20-12-19-13)23-9-15(10-23)22(2)11-18(24)21-14-5-4-6-16(8-14)25-3/h4-8,12,15H,9-11H2,1-3H3,(H,21,24). The Morgan fingerprint density at radius 2 is 2.16 bits per heavy atom. The molecule has 1 N–H and O–H groups in total. The number of benzene rings is 1. The molecule has 2 aromatic rings. The number of ether oxygens (including phenoxy) is 1. The molecule has 1 fully saturated rings. The van der Waals surface area contributed by atoms with Crippen LogP contribution in [0.3, 0.4) is 0 Å². The van der Waals surface area contributed by atoms with Crippen molar-refractivity contribution in [3.8, 4) is 5.75 Å². The summed E-state index contributed by atoms with van der Waals surface area (Å²) in [5, 5.41) is 2.91. The average Bonchev–Trinajstić information content (AvgIpc) is 2.53. The van der Waals surface area contributed by atoms with Crippen molar-refractivity contribution in [2.75, 3.05) is 44.0 Å². The fraction of sp³-hybridized carbons (Fsp3) is 0.389. The van der Waals surface area contributed by atoms with E-state index in [9.17, 15) is 4.79 Å². The van der Waals surface area contributed by atoms with Crippen LogP contribution in [-0.2, 0) is 4.79 Å². The normalized spacial score (nSPS) is 14.3. The Bertz CT molecular complexity index is 746. The SMILES string of the molecule is COc1cccc(NC(=O)CN(C)C2CN(c3cc(C)ncn3)C2)c1. The summed E-state index contributed by atoms with van der Waals surface area (Å²) in [4.78, 5) is 24.9. The first-order chi connectivity index (χ1) is 12.0. The van der Waals surface area contributed by atoms with E-state index in [-0.39, 0.29) is 5.91 Å². The number of anilines is 2. The van der Waals surface area contributed by atoms with Crippen molar-refractivity contribution in [2.24, 2.45) is 0 Å².